The van der Waals surface area contributed by atoms with E-state index >= 15 is 0 Å². The minimum absolute atomic E-state index is 0.228. The van der Waals surface area contributed by atoms with Gasteiger partial charge in [0.15, 0.2) is 11.6 Å². The van der Waals surface area contributed by atoms with Crippen molar-refractivity contribution in [1.82, 2.24) is 0 Å². The Morgan fingerprint density at radius 3 is 2.45 bits per heavy atom. The molecule has 2 aromatic rings. The van der Waals surface area contributed by atoms with Crippen molar-refractivity contribution in [3.05, 3.63) is 58.9 Å². The zero-order valence-corrected chi connectivity index (χ0v) is 12.1. The third-order valence-corrected chi connectivity index (χ3v) is 3.33. The molecule has 106 valence electrons. The highest BCUT2D eigenvalue weighted by atomic mass is 19.1. The Bertz CT molecular complexity index is 608. The first-order chi connectivity index (χ1) is 9.51. The van der Waals surface area contributed by atoms with Crippen molar-refractivity contribution in [2.24, 2.45) is 5.73 Å². The van der Waals surface area contributed by atoms with Crippen molar-refractivity contribution < 1.29 is 9.13 Å². The second-order valence-electron chi connectivity index (χ2n) is 5.25. The second-order valence-corrected chi connectivity index (χ2v) is 5.25. The molecule has 3 heteroatoms. The maximum Gasteiger partial charge on any atom is 0.166 e. The average Bonchev–Trinajstić information content (AvgIpc) is 2.42. The first-order valence-electron chi connectivity index (χ1n) is 6.78. The summed E-state index contributed by atoms with van der Waals surface area (Å²) in [5.74, 6) is 0.937. The molecule has 0 saturated heterocycles. The average molecular weight is 273 g/mol. The third-order valence-electron chi connectivity index (χ3n) is 3.33. The Kier molecular flexibility index (Phi) is 4.40. The van der Waals surface area contributed by atoms with E-state index in [2.05, 4.69) is 19.9 Å². The van der Waals surface area contributed by atoms with E-state index in [0.29, 0.717) is 18.2 Å². The Morgan fingerprint density at radius 2 is 1.85 bits per heavy atom. The normalized spacial score (nSPS) is 10.9. The van der Waals surface area contributed by atoms with E-state index < -0.39 is 0 Å². The van der Waals surface area contributed by atoms with Gasteiger partial charge in [0.25, 0.3) is 0 Å². The topological polar surface area (TPSA) is 35.2 Å². The van der Waals surface area contributed by atoms with Crippen molar-refractivity contribution >= 4 is 0 Å². The smallest absolute Gasteiger partial charge is 0.166 e. The fourth-order valence-corrected chi connectivity index (χ4v) is 1.96. The van der Waals surface area contributed by atoms with Crippen LogP contribution in [0.25, 0.3) is 0 Å². The number of benzene rings is 2. The molecule has 0 unspecified atom stereocenters. The van der Waals surface area contributed by atoms with Crippen LogP contribution in [0.2, 0.25) is 0 Å². The van der Waals surface area contributed by atoms with Gasteiger partial charge in [-0.25, -0.2) is 4.39 Å². The molecular formula is C17H20FNO. The van der Waals surface area contributed by atoms with Crippen molar-refractivity contribution in [3.63, 3.8) is 0 Å². The number of ether oxygens (including phenoxy) is 1. The summed E-state index contributed by atoms with van der Waals surface area (Å²) < 4.78 is 19.6. The van der Waals surface area contributed by atoms with Crippen LogP contribution in [0.4, 0.5) is 4.39 Å². The minimum atomic E-state index is -0.387. The molecule has 20 heavy (non-hydrogen) atoms. The van der Waals surface area contributed by atoms with Gasteiger partial charge < -0.3 is 10.5 Å². The largest absolute Gasteiger partial charge is 0.454 e. The molecule has 0 atom stereocenters. The number of hydrogen-bond donors (Lipinski definition) is 1. The molecule has 0 aliphatic heterocycles. The van der Waals surface area contributed by atoms with Gasteiger partial charge in [-0.3, -0.25) is 0 Å². The molecule has 0 heterocycles. The lowest BCUT2D eigenvalue weighted by Gasteiger charge is -2.13. The van der Waals surface area contributed by atoms with Crippen LogP contribution in [0.1, 0.15) is 36.5 Å². The van der Waals surface area contributed by atoms with Gasteiger partial charge in [-0.05, 0) is 47.7 Å². The molecule has 0 saturated carbocycles. The molecule has 2 N–H and O–H groups in total. The van der Waals surface area contributed by atoms with E-state index in [1.54, 1.807) is 12.1 Å². The third kappa shape index (κ3) is 3.17. The van der Waals surface area contributed by atoms with Crippen LogP contribution in [0.15, 0.2) is 36.4 Å². The Balaban J connectivity index is 2.32. The number of nitrogens with two attached hydrogens (primary N) is 1. The highest BCUT2D eigenvalue weighted by molar-refractivity contribution is 5.41. The monoisotopic (exact) mass is 273 g/mol. The summed E-state index contributed by atoms with van der Waals surface area (Å²) in [6, 6.07) is 10.9. The van der Waals surface area contributed by atoms with Crippen LogP contribution in [-0.2, 0) is 6.54 Å². The Labute approximate surface area is 119 Å². The van der Waals surface area contributed by atoms with E-state index in [0.717, 1.165) is 11.1 Å². The van der Waals surface area contributed by atoms with E-state index in [-0.39, 0.29) is 11.6 Å². The van der Waals surface area contributed by atoms with Gasteiger partial charge in [-0.15, -0.1) is 0 Å². The van der Waals surface area contributed by atoms with Crippen LogP contribution >= 0.6 is 0 Å². The molecule has 0 amide bonds. The Hall–Kier alpha value is -1.87. The molecular weight excluding hydrogens is 253 g/mol. The fourth-order valence-electron chi connectivity index (χ4n) is 1.96. The van der Waals surface area contributed by atoms with Crippen LogP contribution < -0.4 is 10.5 Å². The molecule has 2 aromatic carbocycles. The maximum atomic E-state index is 13.9. The molecule has 2 nitrogen and oxygen atoms in total. The Morgan fingerprint density at radius 1 is 1.10 bits per heavy atom. The molecule has 0 bridgehead atoms. The molecule has 0 fully saturated rings. The van der Waals surface area contributed by atoms with Gasteiger partial charge in [-0.2, -0.15) is 0 Å². The summed E-state index contributed by atoms with van der Waals surface area (Å²) in [7, 11) is 0. The molecule has 0 aliphatic rings. The van der Waals surface area contributed by atoms with E-state index in [9.17, 15) is 4.39 Å². The lowest BCUT2D eigenvalue weighted by atomic mass is 10.0. The molecule has 0 radical (unpaired) electrons. The summed E-state index contributed by atoms with van der Waals surface area (Å²) in [5, 5.41) is 0. The standard InChI is InChI=1S/C17H20FNO/c1-11(2)14-6-4-12(3)17(9-14)20-16-7-5-13(10-19)8-15(16)18/h4-9,11H,10,19H2,1-3H3. The number of halogens is 1. The van der Waals surface area contributed by atoms with Crippen molar-refractivity contribution in [2.45, 2.75) is 33.2 Å². The molecule has 0 aromatic heterocycles. The summed E-state index contributed by atoms with van der Waals surface area (Å²) >= 11 is 0. The van der Waals surface area contributed by atoms with Crippen LogP contribution in [0.3, 0.4) is 0 Å². The SMILES string of the molecule is Cc1ccc(C(C)C)cc1Oc1ccc(CN)cc1F. The summed E-state index contributed by atoms with van der Waals surface area (Å²) in [4.78, 5) is 0. The van der Waals surface area contributed by atoms with Crippen molar-refractivity contribution in [3.8, 4) is 11.5 Å². The van der Waals surface area contributed by atoms with Gasteiger partial charge >= 0.3 is 0 Å². The highest BCUT2D eigenvalue weighted by Crippen LogP contribution is 2.30. The predicted octanol–water partition coefficient (Wildman–Crippen LogP) is 4.51. The first-order valence-corrected chi connectivity index (χ1v) is 6.78. The zero-order chi connectivity index (χ0) is 14.7. The first kappa shape index (κ1) is 14.5. The van der Waals surface area contributed by atoms with Crippen molar-refractivity contribution in [1.29, 1.82) is 0 Å². The van der Waals surface area contributed by atoms with Crippen molar-refractivity contribution in [2.75, 3.05) is 0 Å². The summed E-state index contributed by atoms with van der Waals surface area (Å²) in [6.07, 6.45) is 0. The highest BCUT2D eigenvalue weighted by Gasteiger charge is 2.09. The number of aryl methyl sites for hydroxylation is 1. The van der Waals surface area contributed by atoms with E-state index in [1.807, 2.05) is 19.1 Å². The van der Waals surface area contributed by atoms with Gasteiger partial charge in [0.2, 0.25) is 0 Å². The molecule has 2 rings (SSSR count). The van der Waals surface area contributed by atoms with Gasteiger partial charge in [0, 0.05) is 6.54 Å². The van der Waals surface area contributed by atoms with E-state index in [1.165, 1.54) is 11.6 Å². The van der Waals surface area contributed by atoms with Crippen LogP contribution in [0, 0.1) is 12.7 Å². The maximum absolute atomic E-state index is 13.9. The lowest BCUT2D eigenvalue weighted by molar-refractivity contribution is 0.438. The second kappa shape index (κ2) is 6.06. The van der Waals surface area contributed by atoms with E-state index in [4.69, 9.17) is 10.5 Å². The zero-order valence-electron chi connectivity index (χ0n) is 12.1. The fraction of sp³-hybridized carbons (Fsp3) is 0.294. The van der Waals surface area contributed by atoms with Gasteiger partial charge in [-0.1, -0.05) is 32.0 Å². The number of hydrogen-bond acceptors (Lipinski definition) is 2. The minimum Gasteiger partial charge on any atom is -0.454 e. The molecule has 0 aliphatic carbocycles. The quantitative estimate of drug-likeness (QED) is 0.889. The van der Waals surface area contributed by atoms with Crippen LogP contribution in [0.5, 0.6) is 11.5 Å². The summed E-state index contributed by atoms with van der Waals surface area (Å²) in [5.41, 5.74) is 8.40. The molecule has 0 spiro atoms. The number of rotatable bonds is 4. The lowest BCUT2D eigenvalue weighted by Crippen LogP contribution is -1.98. The predicted molar refractivity (Wildman–Crippen MR) is 79.6 cm³/mol. The van der Waals surface area contributed by atoms with Gasteiger partial charge in [0.05, 0.1) is 0 Å². The van der Waals surface area contributed by atoms with Gasteiger partial charge in [0.1, 0.15) is 5.75 Å². The summed E-state index contributed by atoms with van der Waals surface area (Å²) in [6.45, 7) is 6.50. The van der Waals surface area contributed by atoms with Crippen LogP contribution in [-0.4, -0.2) is 0 Å².